The van der Waals surface area contributed by atoms with Crippen molar-refractivity contribution in [1.29, 1.82) is 0 Å². The molecule has 1 aromatic heterocycles. The van der Waals surface area contributed by atoms with Gasteiger partial charge in [-0.25, -0.2) is 4.79 Å². The molecular formula is C11H15NO2. The number of pyridine rings is 1. The summed E-state index contributed by atoms with van der Waals surface area (Å²) in [5.74, 6) is -0.760. The minimum Gasteiger partial charge on any atom is -0.478 e. The lowest BCUT2D eigenvalue weighted by Crippen LogP contribution is -2.08. The molecule has 0 saturated heterocycles. The van der Waals surface area contributed by atoms with Crippen LogP contribution in [0.1, 0.15) is 47.1 Å². The van der Waals surface area contributed by atoms with Crippen LogP contribution in [0.15, 0.2) is 6.07 Å². The van der Waals surface area contributed by atoms with E-state index in [2.05, 4.69) is 4.98 Å². The van der Waals surface area contributed by atoms with Crippen molar-refractivity contribution < 1.29 is 9.90 Å². The molecule has 14 heavy (non-hydrogen) atoms. The van der Waals surface area contributed by atoms with Crippen molar-refractivity contribution in [3.63, 3.8) is 0 Å². The summed E-state index contributed by atoms with van der Waals surface area (Å²) in [6, 6.07) is 1.69. The highest BCUT2D eigenvalue weighted by Crippen LogP contribution is 2.19. The van der Waals surface area contributed by atoms with Gasteiger partial charge in [-0.3, -0.25) is 4.98 Å². The lowest BCUT2D eigenvalue weighted by Gasteiger charge is -2.11. The van der Waals surface area contributed by atoms with Crippen LogP contribution in [-0.4, -0.2) is 16.1 Å². The molecule has 1 heterocycles. The summed E-state index contributed by atoms with van der Waals surface area (Å²) in [5, 5.41) is 8.99. The minimum atomic E-state index is -0.899. The molecule has 1 N–H and O–H groups in total. The summed E-state index contributed by atoms with van der Waals surface area (Å²) < 4.78 is 0. The zero-order valence-corrected chi connectivity index (χ0v) is 8.96. The average molecular weight is 193 g/mol. The molecule has 1 rings (SSSR count). The van der Waals surface area contributed by atoms with E-state index in [1.807, 2.05) is 27.7 Å². The van der Waals surface area contributed by atoms with Crippen LogP contribution in [-0.2, 0) is 0 Å². The molecule has 0 aromatic carbocycles. The van der Waals surface area contributed by atoms with Crippen molar-refractivity contribution in [1.82, 2.24) is 4.98 Å². The summed E-state index contributed by atoms with van der Waals surface area (Å²) in [5.41, 5.74) is 2.81. The van der Waals surface area contributed by atoms with E-state index >= 15 is 0 Å². The number of rotatable bonds is 2. The van der Waals surface area contributed by atoms with Gasteiger partial charge in [0.25, 0.3) is 0 Å². The number of carboxylic acid groups (broad SMARTS) is 1. The van der Waals surface area contributed by atoms with Crippen LogP contribution in [0, 0.1) is 13.8 Å². The lowest BCUT2D eigenvalue weighted by molar-refractivity contribution is 0.0694. The Balaban J connectivity index is 3.39. The van der Waals surface area contributed by atoms with Gasteiger partial charge in [0.05, 0.1) is 11.3 Å². The number of aryl methyl sites for hydroxylation is 2. The van der Waals surface area contributed by atoms with Crippen LogP contribution in [0.4, 0.5) is 0 Å². The second kappa shape index (κ2) is 3.78. The molecule has 0 bridgehead atoms. The maximum Gasteiger partial charge on any atom is 0.337 e. The molecule has 0 aliphatic heterocycles. The van der Waals surface area contributed by atoms with Crippen molar-refractivity contribution in [3.8, 4) is 0 Å². The van der Waals surface area contributed by atoms with Crippen molar-refractivity contribution in [2.75, 3.05) is 0 Å². The van der Waals surface area contributed by atoms with E-state index in [1.165, 1.54) is 0 Å². The molecule has 0 radical (unpaired) electrons. The van der Waals surface area contributed by atoms with Gasteiger partial charge in [-0.2, -0.15) is 0 Å². The molecule has 3 nitrogen and oxygen atoms in total. The van der Waals surface area contributed by atoms with Gasteiger partial charge < -0.3 is 5.11 Å². The first-order valence-corrected chi connectivity index (χ1v) is 4.65. The van der Waals surface area contributed by atoms with Gasteiger partial charge in [-0.1, -0.05) is 13.8 Å². The summed E-state index contributed by atoms with van der Waals surface area (Å²) in [7, 11) is 0. The van der Waals surface area contributed by atoms with E-state index in [0.717, 1.165) is 11.3 Å². The summed E-state index contributed by atoms with van der Waals surface area (Å²) >= 11 is 0. The number of nitrogens with zero attached hydrogens (tertiary/aromatic N) is 1. The van der Waals surface area contributed by atoms with Crippen molar-refractivity contribution >= 4 is 5.97 Å². The first kappa shape index (κ1) is 10.7. The standard InChI is InChI=1S/C11H15NO2/c1-6(2)10-9(11(13)14)5-7(3)8(4)12-10/h5-6H,1-4H3,(H,13,14). The zero-order valence-electron chi connectivity index (χ0n) is 8.96. The second-order valence-corrected chi connectivity index (χ2v) is 3.78. The Morgan fingerprint density at radius 2 is 2.00 bits per heavy atom. The van der Waals surface area contributed by atoms with E-state index in [-0.39, 0.29) is 5.92 Å². The zero-order chi connectivity index (χ0) is 10.9. The van der Waals surface area contributed by atoms with Crippen LogP contribution in [0.2, 0.25) is 0 Å². The maximum absolute atomic E-state index is 10.9. The highest BCUT2D eigenvalue weighted by molar-refractivity contribution is 5.89. The molecule has 76 valence electrons. The Kier molecular flexibility index (Phi) is 2.89. The van der Waals surface area contributed by atoms with Crippen LogP contribution >= 0.6 is 0 Å². The second-order valence-electron chi connectivity index (χ2n) is 3.78. The Labute approximate surface area is 83.8 Å². The monoisotopic (exact) mass is 193 g/mol. The van der Waals surface area contributed by atoms with Crippen molar-refractivity contribution in [2.24, 2.45) is 0 Å². The normalized spacial score (nSPS) is 10.6. The summed E-state index contributed by atoms with van der Waals surface area (Å²) in [6.45, 7) is 7.67. The smallest absolute Gasteiger partial charge is 0.337 e. The minimum absolute atomic E-state index is 0.139. The molecule has 0 amide bonds. The third kappa shape index (κ3) is 1.92. The van der Waals surface area contributed by atoms with Gasteiger partial charge >= 0.3 is 5.97 Å². The summed E-state index contributed by atoms with van der Waals surface area (Å²) in [6.07, 6.45) is 0. The average Bonchev–Trinajstić information content (AvgIpc) is 2.08. The van der Waals surface area contributed by atoms with Crippen LogP contribution < -0.4 is 0 Å². The van der Waals surface area contributed by atoms with Gasteiger partial charge in [-0.05, 0) is 31.4 Å². The van der Waals surface area contributed by atoms with E-state index in [0.29, 0.717) is 11.3 Å². The molecule has 0 spiro atoms. The highest BCUT2D eigenvalue weighted by atomic mass is 16.4. The molecule has 0 unspecified atom stereocenters. The predicted octanol–water partition coefficient (Wildman–Crippen LogP) is 2.52. The lowest BCUT2D eigenvalue weighted by atomic mass is 10.0. The van der Waals surface area contributed by atoms with E-state index in [1.54, 1.807) is 6.07 Å². The fourth-order valence-corrected chi connectivity index (χ4v) is 1.34. The number of aromatic carboxylic acids is 1. The van der Waals surface area contributed by atoms with Crippen LogP contribution in [0.5, 0.6) is 0 Å². The van der Waals surface area contributed by atoms with Gasteiger partial charge in [-0.15, -0.1) is 0 Å². The SMILES string of the molecule is Cc1cc(C(=O)O)c(C(C)C)nc1C. The Morgan fingerprint density at radius 3 is 2.43 bits per heavy atom. The Hall–Kier alpha value is -1.38. The molecule has 0 saturated carbocycles. The van der Waals surface area contributed by atoms with E-state index in [4.69, 9.17) is 5.11 Å². The Bertz CT molecular complexity index is 370. The van der Waals surface area contributed by atoms with Crippen LogP contribution in [0.3, 0.4) is 0 Å². The predicted molar refractivity (Wildman–Crippen MR) is 54.8 cm³/mol. The van der Waals surface area contributed by atoms with Gasteiger partial charge in [0.1, 0.15) is 0 Å². The number of carbonyl (C=O) groups is 1. The molecule has 3 heteroatoms. The third-order valence-electron chi connectivity index (χ3n) is 2.27. The van der Waals surface area contributed by atoms with Crippen molar-refractivity contribution in [3.05, 3.63) is 28.6 Å². The molecule has 1 aromatic rings. The fourth-order valence-electron chi connectivity index (χ4n) is 1.34. The Morgan fingerprint density at radius 1 is 1.43 bits per heavy atom. The van der Waals surface area contributed by atoms with Gasteiger partial charge in [0, 0.05) is 5.69 Å². The molecule has 0 aliphatic carbocycles. The van der Waals surface area contributed by atoms with Gasteiger partial charge in [0.2, 0.25) is 0 Å². The van der Waals surface area contributed by atoms with E-state index < -0.39 is 5.97 Å². The largest absolute Gasteiger partial charge is 0.478 e. The summed E-state index contributed by atoms with van der Waals surface area (Å²) in [4.78, 5) is 15.3. The first-order valence-electron chi connectivity index (χ1n) is 4.65. The van der Waals surface area contributed by atoms with Crippen molar-refractivity contribution in [2.45, 2.75) is 33.6 Å². The number of hydrogen-bond acceptors (Lipinski definition) is 2. The number of carboxylic acids is 1. The van der Waals surface area contributed by atoms with Gasteiger partial charge in [0.15, 0.2) is 0 Å². The highest BCUT2D eigenvalue weighted by Gasteiger charge is 2.15. The molecular weight excluding hydrogens is 178 g/mol. The third-order valence-corrected chi connectivity index (χ3v) is 2.27. The number of aromatic nitrogens is 1. The topological polar surface area (TPSA) is 50.2 Å². The molecule has 0 aliphatic rings. The molecule has 0 fully saturated rings. The first-order chi connectivity index (χ1) is 6.43. The maximum atomic E-state index is 10.9. The van der Waals surface area contributed by atoms with Crippen LogP contribution in [0.25, 0.3) is 0 Å². The fraction of sp³-hybridized carbons (Fsp3) is 0.455. The molecule has 0 atom stereocenters. The number of hydrogen-bond donors (Lipinski definition) is 1. The quantitative estimate of drug-likeness (QED) is 0.785. The van der Waals surface area contributed by atoms with E-state index in [9.17, 15) is 4.79 Å².